The molecule has 0 saturated carbocycles. The fraction of sp³-hybridized carbons (Fsp3) is 0.167. The van der Waals surface area contributed by atoms with Crippen LogP contribution < -0.4 is 4.74 Å². The normalized spacial score (nSPS) is 10.0. The molecule has 0 aliphatic heterocycles. The summed E-state index contributed by atoms with van der Waals surface area (Å²) in [4.78, 5) is 21.8. The van der Waals surface area contributed by atoms with Crippen LogP contribution in [0, 0.1) is 10.1 Å². The van der Waals surface area contributed by atoms with Crippen LogP contribution in [0.25, 0.3) is 0 Å². The Labute approximate surface area is 154 Å². The van der Waals surface area contributed by atoms with Gasteiger partial charge in [-0.15, -0.1) is 0 Å². The van der Waals surface area contributed by atoms with Crippen molar-refractivity contribution in [2.24, 2.45) is 0 Å². The topological polar surface area (TPSA) is 87.9 Å². The summed E-state index contributed by atoms with van der Waals surface area (Å²) in [5.41, 5.74) is 1.60. The van der Waals surface area contributed by atoms with Crippen LogP contribution in [-0.2, 0) is 22.5 Å². The molecular formula is C18H16ClNO6. The summed E-state index contributed by atoms with van der Waals surface area (Å²) in [7, 11) is 0. The van der Waals surface area contributed by atoms with Crippen molar-refractivity contribution < 1.29 is 23.9 Å². The highest BCUT2D eigenvalue weighted by Gasteiger charge is 2.11. The van der Waals surface area contributed by atoms with Gasteiger partial charge >= 0.3 is 6.16 Å². The summed E-state index contributed by atoms with van der Waals surface area (Å²) >= 11 is 6.05. The molecule has 0 aliphatic carbocycles. The second kappa shape index (κ2) is 9.43. The van der Waals surface area contributed by atoms with Crippen molar-refractivity contribution in [3.8, 4) is 5.75 Å². The van der Waals surface area contributed by atoms with Crippen molar-refractivity contribution in [1.29, 1.82) is 0 Å². The van der Waals surface area contributed by atoms with Gasteiger partial charge in [0.05, 0.1) is 22.8 Å². The minimum atomic E-state index is -0.885. The molecule has 0 fully saturated rings. The molecule has 7 nitrogen and oxygen atoms in total. The molecule has 2 rings (SSSR count). The number of benzene rings is 2. The highest BCUT2D eigenvalue weighted by molar-refractivity contribution is 6.32. The molecule has 0 bridgehead atoms. The van der Waals surface area contributed by atoms with E-state index in [1.807, 2.05) is 0 Å². The number of nitrogens with zero attached hydrogens (tertiary/aromatic N) is 1. The van der Waals surface area contributed by atoms with E-state index in [4.69, 9.17) is 25.8 Å². The molecule has 0 aromatic heterocycles. The van der Waals surface area contributed by atoms with Crippen LogP contribution in [0.4, 0.5) is 10.5 Å². The van der Waals surface area contributed by atoms with E-state index in [1.165, 1.54) is 18.4 Å². The van der Waals surface area contributed by atoms with Gasteiger partial charge in [0.25, 0.3) is 5.69 Å². The maximum absolute atomic E-state index is 11.7. The first-order chi connectivity index (χ1) is 12.5. The van der Waals surface area contributed by atoms with Crippen LogP contribution in [0.2, 0.25) is 5.02 Å². The standard InChI is InChI=1S/C18H16ClNO6/c1-2-24-12-14-5-8-17(16(19)11-14)26-18(21)25-10-9-13-3-6-15(7-4-13)20(22)23/h2-8,11H,1,9-10,12H2. The number of hydrogen-bond donors (Lipinski definition) is 0. The molecule has 0 N–H and O–H groups in total. The van der Waals surface area contributed by atoms with E-state index in [0.717, 1.165) is 11.1 Å². The zero-order valence-electron chi connectivity index (χ0n) is 13.7. The molecule has 0 aliphatic rings. The van der Waals surface area contributed by atoms with Crippen LogP contribution in [0.5, 0.6) is 5.75 Å². The van der Waals surface area contributed by atoms with Gasteiger partial charge < -0.3 is 14.2 Å². The van der Waals surface area contributed by atoms with Crippen molar-refractivity contribution in [2.75, 3.05) is 6.61 Å². The summed E-state index contributed by atoms with van der Waals surface area (Å²) in [5, 5.41) is 10.8. The van der Waals surface area contributed by atoms with Gasteiger partial charge in [-0.25, -0.2) is 4.79 Å². The Morgan fingerprint density at radius 1 is 1.19 bits per heavy atom. The lowest BCUT2D eigenvalue weighted by molar-refractivity contribution is -0.384. The summed E-state index contributed by atoms with van der Waals surface area (Å²) in [6, 6.07) is 10.9. The van der Waals surface area contributed by atoms with Crippen molar-refractivity contribution in [3.63, 3.8) is 0 Å². The molecule has 0 spiro atoms. The Balaban J connectivity index is 1.81. The van der Waals surface area contributed by atoms with Gasteiger partial charge in [0.15, 0.2) is 5.75 Å². The van der Waals surface area contributed by atoms with E-state index >= 15 is 0 Å². The van der Waals surface area contributed by atoms with Gasteiger partial charge in [0.2, 0.25) is 0 Å². The number of nitro benzene ring substituents is 1. The smallest absolute Gasteiger partial charge is 0.497 e. The molecule has 0 heterocycles. The van der Waals surface area contributed by atoms with E-state index < -0.39 is 11.1 Å². The molecule has 0 amide bonds. The average Bonchev–Trinajstić information content (AvgIpc) is 2.62. The van der Waals surface area contributed by atoms with E-state index in [0.29, 0.717) is 13.0 Å². The maximum Gasteiger partial charge on any atom is 0.513 e. The number of ether oxygens (including phenoxy) is 3. The molecule has 0 unspecified atom stereocenters. The van der Waals surface area contributed by atoms with Gasteiger partial charge in [-0.05, 0) is 23.3 Å². The Kier molecular flexibility index (Phi) is 6.99. The molecule has 0 radical (unpaired) electrons. The quantitative estimate of drug-likeness (QED) is 0.218. The third-order valence-electron chi connectivity index (χ3n) is 3.32. The lowest BCUT2D eigenvalue weighted by Crippen LogP contribution is -2.13. The third kappa shape index (κ3) is 5.78. The summed E-state index contributed by atoms with van der Waals surface area (Å²) in [5.74, 6) is 0.175. The molecule has 26 heavy (non-hydrogen) atoms. The summed E-state index contributed by atoms with van der Waals surface area (Å²) < 4.78 is 15.1. The third-order valence-corrected chi connectivity index (χ3v) is 3.61. The second-order valence-corrected chi connectivity index (χ2v) is 5.52. The monoisotopic (exact) mass is 377 g/mol. The molecule has 136 valence electrons. The number of carbonyl (C=O) groups excluding carboxylic acids is 1. The van der Waals surface area contributed by atoms with E-state index in [1.54, 1.807) is 30.3 Å². The van der Waals surface area contributed by atoms with Gasteiger partial charge in [-0.1, -0.05) is 36.4 Å². The fourth-order valence-corrected chi connectivity index (χ4v) is 2.27. The van der Waals surface area contributed by atoms with E-state index in [-0.39, 0.29) is 23.1 Å². The molecule has 8 heteroatoms. The van der Waals surface area contributed by atoms with Crippen LogP contribution in [-0.4, -0.2) is 17.7 Å². The Hall–Kier alpha value is -3.06. The van der Waals surface area contributed by atoms with Crippen LogP contribution in [0.3, 0.4) is 0 Å². The minimum Gasteiger partial charge on any atom is -0.497 e. The average molecular weight is 378 g/mol. The molecule has 0 saturated heterocycles. The first-order valence-electron chi connectivity index (χ1n) is 7.58. The lowest BCUT2D eigenvalue weighted by atomic mass is 10.1. The van der Waals surface area contributed by atoms with Crippen LogP contribution >= 0.6 is 11.6 Å². The van der Waals surface area contributed by atoms with Gasteiger partial charge in [0.1, 0.15) is 6.61 Å². The molecular weight excluding hydrogens is 362 g/mol. The number of carbonyl (C=O) groups is 1. The van der Waals surface area contributed by atoms with Crippen LogP contribution in [0.15, 0.2) is 55.3 Å². The van der Waals surface area contributed by atoms with Crippen LogP contribution in [0.1, 0.15) is 11.1 Å². The Morgan fingerprint density at radius 3 is 2.50 bits per heavy atom. The van der Waals surface area contributed by atoms with Crippen molar-refractivity contribution in [3.05, 3.63) is 81.6 Å². The predicted octanol–water partition coefficient (Wildman–Crippen LogP) is 4.67. The summed E-state index contributed by atoms with van der Waals surface area (Å²) in [6.07, 6.45) is 0.836. The maximum atomic E-state index is 11.7. The van der Waals surface area contributed by atoms with Crippen molar-refractivity contribution >= 4 is 23.4 Å². The number of halogens is 1. The van der Waals surface area contributed by atoms with Gasteiger partial charge in [-0.3, -0.25) is 10.1 Å². The summed E-state index contributed by atoms with van der Waals surface area (Å²) in [6.45, 7) is 3.82. The number of nitro groups is 1. The number of non-ortho nitro benzene ring substituents is 1. The lowest BCUT2D eigenvalue weighted by Gasteiger charge is -2.09. The first kappa shape index (κ1) is 19.3. The highest BCUT2D eigenvalue weighted by Crippen LogP contribution is 2.26. The second-order valence-electron chi connectivity index (χ2n) is 5.12. The Morgan fingerprint density at radius 2 is 1.88 bits per heavy atom. The highest BCUT2D eigenvalue weighted by atomic mass is 35.5. The minimum absolute atomic E-state index is 0.00524. The van der Waals surface area contributed by atoms with Crippen molar-refractivity contribution in [1.82, 2.24) is 0 Å². The fourth-order valence-electron chi connectivity index (χ4n) is 2.03. The van der Waals surface area contributed by atoms with E-state index in [9.17, 15) is 14.9 Å². The van der Waals surface area contributed by atoms with E-state index in [2.05, 4.69) is 6.58 Å². The zero-order valence-corrected chi connectivity index (χ0v) is 14.5. The van der Waals surface area contributed by atoms with Gasteiger partial charge in [0, 0.05) is 18.6 Å². The number of hydrogen-bond acceptors (Lipinski definition) is 6. The predicted molar refractivity (Wildman–Crippen MR) is 95.2 cm³/mol. The molecule has 2 aromatic carbocycles. The zero-order chi connectivity index (χ0) is 18.9. The molecule has 0 atom stereocenters. The Bertz CT molecular complexity index is 791. The van der Waals surface area contributed by atoms with Gasteiger partial charge in [-0.2, -0.15) is 0 Å². The largest absolute Gasteiger partial charge is 0.513 e. The number of rotatable bonds is 8. The SMILES string of the molecule is C=COCc1ccc(OC(=O)OCCc2ccc([N+](=O)[O-])cc2)c(Cl)c1. The first-order valence-corrected chi connectivity index (χ1v) is 7.96. The van der Waals surface area contributed by atoms with Crippen molar-refractivity contribution in [2.45, 2.75) is 13.0 Å². The molecule has 2 aromatic rings.